The van der Waals surface area contributed by atoms with Gasteiger partial charge in [-0.05, 0) is 24.6 Å². The Balaban J connectivity index is 1.96. The molecule has 1 aliphatic heterocycles. The van der Waals surface area contributed by atoms with Gasteiger partial charge in [0.05, 0.1) is 13.7 Å². The third kappa shape index (κ3) is 3.76. The second kappa shape index (κ2) is 7.26. The molecule has 0 spiro atoms. The second-order valence-electron chi connectivity index (χ2n) is 5.43. The molecular formula is C16H23N3O3. The molecule has 1 saturated heterocycles. The Labute approximate surface area is 131 Å². The molecule has 0 bridgehead atoms. The summed E-state index contributed by atoms with van der Waals surface area (Å²) in [4.78, 5) is 27.8. The summed E-state index contributed by atoms with van der Waals surface area (Å²) in [5.41, 5.74) is 1.65. The molecule has 1 heterocycles. The lowest BCUT2D eigenvalue weighted by molar-refractivity contribution is -0.122. The van der Waals surface area contributed by atoms with Crippen LogP contribution in [0.25, 0.3) is 0 Å². The van der Waals surface area contributed by atoms with E-state index < -0.39 is 0 Å². The summed E-state index contributed by atoms with van der Waals surface area (Å²) in [7, 11) is 3.24. The van der Waals surface area contributed by atoms with Gasteiger partial charge in [-0.1, -0.05) is 6.07 Å². The summed E-state index contributed by atoms with van der Waals surface area (Å²) >= 11 is 0. The zero-order valence-electron chi connectivity index (χ0n) is 13.4. The number of hydrogen-bond donors (Lipinski definition) is 1. The summed E-state index contributed by atoms with van der Waals surface area (Å²) in [6.45, 7) is 5.02. The largest absolute Gasteiger partial charge is 0.496 e. The molecule has 1 N–H and O–H groups in total. The van der Waals surface area contributed by atoms with Gasteiger partial charge in [0.25, 0.3) is 5.91 Å². The fourth-order valence-corrected chi connectivity index (χ4v) is 2.53. The molecule has 1 aliphatic rings. The average Bonchev–Trinajstić information content (AvgIpc) is 2.55. The van der Waals surface area contributed by atoms with Gasteiger partial charge in [0.15, 0.2) is 0 Å². The number of methoxy groups -OCH3 is 1. The van der Waals surface area contributed by atoms with Crippen molar-refractivity contribution in [2.45, 2.75) is 6.92 Å². The topological polar surface area (TPSA) is 61.9 Å². The zero-order chi connectivity index (χ0) is 16.1. The van der Waals surface area contributed by atoms with E-state index in [0.717, 1.165) is 11.3 Å². The summed E-state index contributed by atoms with van der Waals surface area (Å²) in [5, 5.41) is 2.61. The average molecular weight is 305 g/mol. The predicted molar refractivity (Wildman–Crippen MR) is 84.1 cm³/mol. The molecular weight excluding hydrogens is 282 g/mol. The number of carbonyl (C=O) groups excluding carboxylic acids is 2. The number of benzene rings is 1. The van der Waals surface area contributed by atoms with Crippen molar-refractivity contribution in [2.75, 3.05) is 46.9 Å². The Hall–Kier alpha value is -2.08. The molecule has 1 fully saturated rings. The third-order valence-electron chi connectivity index (χ3n) is 3.96. The Bertz CT molecular complexity index is 552. The van der Waals surface area contributed by atoms with Crippen molar-refractivity contribution in [3.05, 3.63) is 29.3 Å². The molecule has 1 aromatic carbocycles. The van der Waals surface area contributed by atoms with Crippen LogP contribution < -0.4 is 10.1 Å². The monoisotopic (exact) mass is 305 g/mol. The van der Waals surface area contributed by atoms with Gasteiger partial charge in [-0.15, -0.1) is 0 Å². The van der Waals surface area contributed by atoms with Crippen LogP contribution in [0.15, 0.2) is 18.2 Å². The minimum Gasteiger partial charge on any atom is -0.496 e. The van der Waals surface area contributed by atoms with Crippen LogP contribution in [0.3, 0.4) is 0 Å². The van der Waals surface area contributed by atoms with Crippen LogP contribution in [0.4, 0.5) is 0 Å². The van der Waals surface area contributed by atoms with Crippen LogP contribution in [0.5, 0.6) is 5.75 Å². The summed E-state index contributed by atoms with van der Waals surface area (Å²) in [5.74, 6) is 0.741. The molecule has 1 aromatic rings. The van der Waals surface area contributed by atoms with E-state index in [1.165, 1.54) is 0 Å². The van der Waals surface area contributed by atoms with Gasteiger partial charge >= 0.3 is 0 Å². The molecule has 0 aliphatic carbocycles. The maximum Gasteiger partial charge on any atom is 0.254 e. The maximum absolute atomic E-state index is 12.5. The lowest BCUT2D eigenvalue weighted by Crippen LogP contribution is -2.50. The molecule has 6 heteroatoms. The lowest BCUT2D eigenvalue weighted by Gasteiger charge is -2.34. The first-order valence-corrected chi connectivity index (χ1v) is 7.42. The molecule has 0 saturated carbocycles. The van der Waals surface area contributed by atoms with E-state index in [0.29, 0.717) is 38.3 Å². The third-order valence-corrected chi connectivity index (χ3v) is 3.96. The van der Waals surface area contributed by atoms with Gasteiger partial charge in [0.2, 0.25) is 5.91 Å². The standard InChI is InChI=1S/C16H23N3O3/c1-12-4-5-13(10-14(12)22-3)16(21)19-8-6-18(7-9-19)11-15(20)17-2/h4-5,10H,6-9,11H2,1-3H3,(H,17,20). The van der Waals surface area contributed by atoms with Crippen molar-refractivity contribution < 1.29 is 14.3 Å². The Kier molecular flexibility index (Phi) is 5.38. The fraction of sp³-hybridized carbons (Fsp3) is 0.500. The first-order valence-electron chi connectivity index (χ1n) is 7.42. The quantitative estimate of drug-likeness (QED) is 0.880. The molecule has 22 heavy (non-hydrogen) atoms. The first kappa shape index (κ1) is 16.3. The first-order chi connectivity index (χ1) is 10.5. The van der Waals surface area contributed by atoms with Crippen molar-refractivity contribution in [2.24, 2.45) is 0 Å². The van der Waals surface area contributed by atoms with E-state index in [9.17, 15) is 9.59 Å². The van der Waals surface area contributed by atoms with Crippen LogP contribution in [-0.2, 0) is 4.79 Å². The number of carbonyl (C=O) groups is 2. The van der Waals surface area contributed by atoms with Gasteiger partial charge in [0, 0.05) is 38.8 Å². The summed E-state index contributed by atoms with van der Waals surface area (Å²) in [6, 6.07) is 5.51. The van der Waals surface area contributed by atoms with Crippen molar-refractivity contribution >= 4 is 11.8 Å². The molecule has 0 radical (unpaired) electrons. The number of amides is 2. The molecule has 2 amide bonds. The molecule has 120 valence electrons. The van der Waals surface area contributed by atoms with E-state index in [-0.39, 0.29) is 11.8 Å². The van der Waals surface area contributed by atoms with Gasteiger partial charge in [0.1, 0.15) is 5.75 Å². The van der Waals surface area contributed by atoms with Crippen LogP contribution >= 0.6 is 0 Å². The van der Waals surface area contributed by atoms with Gasteiger partial charge in [-0.2, -0.15) is 0 Å². The van der Waals surface area contributed by atoms with E-state index in [1.807, 2.05) is 24.0 Å². The van der Waals surface area contributed by atoms with Gasteiger partial charge < -0.3 is 15.0 Å². The number of piperazine rings is 1. The predicted octanol–water partition coefficient (Wildman–Crippen LogP) is 0.507. The highest BCUT2D eigenvalue weighted by Crippen LogP contribution is 2.20. The van der Waals surface area contributed by atoms with Crippen LogP contribution in [0.1, 0.15) is 15.9 Å². The van der Waals surface area contributed by atoms with Crippen LogP contribution in [-0.4, -0.2) is 68.5 Å². The number of nitrogens with zero attached hydrogens (tertiary/aromatic N) is 2. The number of nitrogens with one attached hydrogen (secondary N) is 1. The highest BCUT2D eigenvalue weighted by atomic mass is 16.5. The van der Waals surface area contributed by atoms with Gasteiger partial charge in [-0.25, -0.2) is 0 Å². The van der Waals surface area contributed by atoms with Crippen molar-refractivity contribution in [1.82, 2.24) is 15.1 Å². The maximum atomic E-state index is 12.5. The van der Waals surface area contributed by atoms with Crippen molar-refractivity contribution in [3.63, 3.8) is 0 Å². The number of aryl methyl sites for hydroxylation is 1. The molecule has 0 atom stereocenters. The second-order valence-corrected chi connectivity index (χ2v) is 5.43. The summed E-state index contributed by atoms with van der Waals surface area (Å²) < 4.78 is 5.27. The molecule has 6 nitrogen and oxygen atoms in total. The Morgan fingerprint density at radius 3 is 2.50 bits per heavy atom. The van der Waals surface area contributed by atoms with Crippen LogP contribution in [0.2, 0.25) is 0 Å². The normalized spacial score (nSPS) is 15.5. The smallest absolute Gasteiger partial charge is 0.254 e. The minimum absolute atomic E-state index is 0.00282. The minimum atomic E-state index is 0.00282. The van der Waals surface area contributed by atoms with Crippen LogP contribution in [0, 0.1) is 6.92 Å². The zero-order valence-corrected chi connectivity index (χ0v) is 13.4. The van der Waals surface area contributed by atoms with Gasteiger partial charge in [-0.3, -0.25) is 14.5 Å². The highest BCUT2D eigenvalue weighted by Gasteiger charge is 2.23. The van der Waals surface area contributed by atoms with E-state index in [1.54, 1.807) is 20.2 Å². The van der Waals surface area contributed by atoms with Crippen molar-refractivity contribution in [1.29, 1.82) is 0 Å². The Morgan fingerprint density at radius 2 is 1.91 bits per heavy atom. The SMILES string of the molecule is CNC(=O)CN1CCN(C(=O)c2ccc(C)c(OC)c2)CC1. The van der Waals surface area contributed by atoms with E-state index in [2.05, 4.69) is 10.2 Å². The molecule has 0 aromatic heterocycles. The fourth-order valence-electron chi connectivity index (χ4n) is 2.53. The number of rotatable bonds is 4. The summed E-state index contributed by atoms with van der Waals surface area (Å²) in [6.07, 6.45) is 0. The number of likely N-dealkylation sites (N-methyl/N-ethyl adjacent to an activating group) is 1. The van der Waals surface area contributed by atoms with Crippen molar-refractivity contribution in [3.8, 4) is 5.75 Å². The molecule has 0 unspecified atom stereocenters. The number of ether oxygens (including phenoxy) is 1. The number of hydrogen-bond acceptors (Lipinski definition) is 4. The van der Waals surface area contributed by atoms with E-state index >= 15 is 0 Å². The van der Waals surface area contributed by atoms with E-state index in [4.69, 9.17) is 4.74 Å². The Morgan fingerprint density at radius 1 is 1.23 bits per heavy atom. The lowest BCUT2D eigenvalue weighted by atomic mass is 10.1. The molecule has 2 rings (SSSR count). The highest BCUT2D eigenvalue weighted by molar-refractivity contribution is 5.94.